The molecule has 0 spiro atoms. The van der Waals surface area contributed by atoms with Crippen LogP contribution in [-0.2, 0) is 0 Å². The Balaban J connectivity index is 2.48. The molecule has 0 fully saturated rings. The molecule has 2 nitrogen and oxygen atoms in total. The van der Waals surface area contributed by atoms with Gasteiger partial charge in [0.15, 0.2) is 0 Å². The second-order valence-corrected chi connectivity index (χ2v) is 3.13. The van der Waals surface area contributed by atoms with Gasteiger partial charge in [0, 0.05) is 0 Å². The van der Waals surface area contributed by atoms with E-state index in [2.05, 4.69) is 0 Å². The van der Waals surface area contributed by atoms with Crippen molar-refractivity contribution in [2.45, 2.75) is 12.1 Å². The van der Waals surface area contributed by atoms with Gasteiger partial charge in [-0.1, -0.05) is 18.2 Å². The summed E-state index contributed by atoms with van der Waals surface area (Å²) in [5.41, 5.74) is -0.383. The van der Waals surface area contributed by atoms with E-state index in [1.807, 2.05) is 4.99 Å². The van der Waals surface area contributed by atoms with Crippen molar-refractivity contribution in [3.05, 3.63) is 30.3 Å². The lowest BCUT2D eigenvalue weighted by atomic mass is 10.3. The first-order valence-electron chi connectivity index (χ1n) is 4.22. The zero-order valence-electron chi connectivity index (χ0n) is 7.67. The summed E-state index contributed by atoms with van der Waals surface area (Å²) in [4.78, 5) is 1.60. The molecule has 1 aliphatic rings. The summed E-state index contributed by atoms with van der Waals surface area (Å²) < 4.78 is 64.6. The number of halogens is 5. The van der Waals surface area contributed by atoms with Crippen LogP contribution in [0.1, 0.15) is 0 Å². The van der Waals surface area contributed by atoms with Crippen molar-refractivity contribution < 1.29 is 22.0 Å². The number of rotatable bonds is 1. The molecule has 7 heteroatoms. The highest BCUT2D eigenvalue weighted by atomic mass is 19.3. The molecule has 86 valence electrons. The fourth-order valence-electron chi connectivity index (χ4n) is 1.33. The van der Waals surface area contributed by atoms with Crippen LogP contribution in [0, 0.1) is 0 Å². The van der Waals surface area contributed by atoms with E-state index in [9.17, 15) is 22.0 Å². The van der Waals surface area contributed by atoms with Crippen molar-refractivity contribution in [1.29, 1.82) is 0 Å². The highest BCUT2D eigenvalue weighted by Crippen LogP contribution is 2.45. The minimum Gasteiger partial charge on any atom is -0.235 e. The Morgan fingerprint density at radius 1 is 1.00 bits per heavy atom. The standard InChI is InChI=1S/C9H5F5N2/c10-7-15-8(11,12)9(13,14)16(7)6-4-2-1-3-5-6/h1-5H. The number of hydrogen-bond acceptors (Lipinski definition) is 2. The van der Waals surface area contributed by atoms with Crippen molar-refractivity contribution in [2.75, 3.05) is 4.90 Å². The second kappa shape index (κ2) is 3.16. The number of alkyl halides is 4. The summed E-state index contributed by atoms with van der Waals surface area (Å²) in [6.45, 7) is 0. The quantitative estimate of drug-likeness (QED) is 0.540. The summed E-state index contributed by atoms with van der Waals surface area (Å²) in [6.07, 6.45) is -1.90. The Kier molecular flexibility index (Phi) is 2.14. The maximum atomic E-state index is 13.1. The minimum absolute atomic E-state index is 0.383. The van der Waals surface area contributed by atoms with E-state index < -0.39 is 23.1 Å². The van der Waals surface area contributed by atoms with E-state index in [-0.39, 0.29) is 5.69 Å². The third kappa shape index (κ3) is 1.35. The molecule has 1 aliphatic heterocycles. The predicted molar refractivity (Wildman–Crippen MR) is 47.4 cm³/mol. The fourth-order valence-corrected chi connectivity index (χ4v) is 1.33. The molecule has 0 amide bonds. The van der Waals surface area contributed by atoms with E-state index >= 15 is 0 Å². The molecule has 1 aromatic carbocycles. The van der Waals surface area contributed by atoms with Gasteiger partial charge in [0.1, 0.15) is 0 Å². The third-order valence-corrected chi connectivity index (χ3v) is 2.07. The number of nitrogens with zero attached hydrogens (tertiary/aromatic N) is 2. The molecule has 0 atom stereocenters. The first-order valence-corrected chi connectivity index (χ1v) is 4.22. The highest BCUT2D eigenvalue weighted by molar-refractivity contribution is 5.94. The van der Waals surface area contributed by atoms with E-state index in [1.165, 1.54) is 18.2 Å². The Morgan fingerprint density at radius 3 is 2.00 bits per heavy atom. The van der Waals surface area contributed by atoms with Crippen LogP contribution in [0.2, 0.25) is 0 Å². The Morgan fingerprint density at radius 2 is 1.56 bits per heavy atom. The van der Waals surface area contributed by atoms with Crippen LogP contribution in [-0.4, -0.2) is 18.2 Å². The molecule has 2 rings (SSSR count). The molecule has 0 N–H and O–H groups in total. The Bertz CT molecular complexity index is 429. The normalized spacial score (nSPS) is 22.1. The molecular formula is C9H5F5N2. The summed E-state index contributed by atoms with van der Waals surface area (Å²) in [7, 11) is 0. The van der Waals surface area contributed by atoms with Gasteiger partial charge in [0.05, 0.1) is 5.69 Å². The average molecular weight is 236 g/mol. The van der Waals surface area contributed by atoms with E-state index in [0.717, 1.165) is 12.1 Å². The van der Waals surface area contributed by atoms with Gasteiger partial charge in [-0.25, -0.2) is 4.90 Å². The smallest absolute Gasteiger partial charge is 0.235 e. The van der Waals surface area contributed by atoms with Crippen LogP contribution in [0.4, 0.5) is 27.6 Å². The molecule has 0 aromatic heterocycles. The van der Waals surface area contributed by atoms with Gasteiger partial charge >= 0.3 is 12.1 Å². The van der Waals surface area contributed by atoms with Gasteiger partial charge in [-0.3, -0.25) is 0 Å². The second-order valence-electron chi connectivity index (χ2n) is 3.13. The van der Waals surface area contributed by atoms with Gasteiger partial charge < -0.3 is 0 Å². The molecule has 1 aromatic rings. The summed E-state index contributed by atoms with van der Waals surface area (Å²) in [5.74, 6) is 0. The van der Waals surface area contributed by atoms with Crippen molar-refractivity contribution >= 4 is 11.8 Å². The van der Waals surface area contributed by atoms with Crippen LogP contribution in [0.25, 0.3) is 0 Å². The molecule has 0 aliphatic carbocycles. The number of hydrogen-bond donors (Lipinski definition) is 0. The summed E-state index contributed by atoms with van der Waals surface area (Å²) in [5, 5.41) is 0. The SMILES string of the molecule is FC1=NC(F)(F)C(F)(F)N1c1ccccc1. The van der Waals surface area contributed by atoms with Gasteiger partial charge in [-0.2, -0.15) is 26.9 Å². The largest absolute Gasteiger partial charge is 0.429 e. The van der Waals surface area contributed by atoms with Crippen molar-refractivity contribution in [3.8, 4) is 0 Å². The van der Waals surface area contributed by atoms with Gasteiger partial charge in [-0.05, 0) is 12.1 Å². The van der Waals surface area contributed by atoms with Crippen LogP contribution in [0.5, 0.6) is 0 Å². The molecule has 0 bridgehead atoms. The van der Waals surface area contributed by atoms with Crippen LogP contribution >= 0.6 is 0 Å². The maximum Gasteiger partial charge on any atom is 0.429 e. The summed E-state index contributed by atoms with van der Waals surface area (Å²) in [6, 6.07) is -3.13. The molecule has 0 unspecified atom stereocenters. The zero-order chi connectivity index (χ0) is 12.0. The fraction of sp³-hybridized carbons (Fsp3) is 0.222. The van der Waals surface area contributed by atoms with Crippen molar-refractivity contribution in [3.63, 3.8) is 0 Å². The topological polar surface area (TPSA) is 15.6 Å². The van der Waals surface area contributed by atoms with Crippen molar-refractivity contribution in [1.82, 2.24) is 0 Å². The highest BCUT2D eigenvalue weighted by Gasteiger charge is 2.67. The first-order chi connectivity index (χ1) is 7.36. The molecule has 16 heavy (non-hydrogen) atoms. The lowest BCUT2D eigenvalue weighted by Crippen LogP contribution is -2.49. The van der Waals surface area contributed by atoms with Gasteiger partial charge in [0.2, 0.25) is 0 Å². The number of para-hydroxylation sites is 1. The maximum absolute atomic E-state index is 13.1. The van der Waals surface area contributed by atoms with Gasteiger partial charge in [0.25, 0.3) is 6.09 Å². The molecule has 0 radical (unpaired) electrons. The molecule has 1 heterocycles. The number of benzene rings is 1. The lowest BCUT2D eigenvalue weighted by molar-refractivity contribution is -0.186. The van der Waals surface area contributed by atoms with E-state index in [1.54, 1.807) is 0 Å². The number of amidine groups is 1. The Labute approximate surface area is 87.0 Å². The Hall–Kier alpha value is -1.66. The monoisotopic (exact) mass is 236 g/mol. The minimum atomic E-state index is -4.76. The first kappa shape index (κ1) is 10.8. The molecule has 0 saturated carbocycles. The van der Waals surface area contributed by atoms with Gasteiger partial charge in [-0.15, -0.1) is 0 Å². The van der Waals surface area contributed by atoms with E-state index in [0.29, 0.717) is 0 Å². The third-order valence-electron chi connectivity index (χ3n) is 2.07. The van der Waals surface area contributed by atoms with Crippen LogP contribution in [0.15, 0.2) is 35.3 Å². The number of aliphatic imine (C=N–C) groups is 1. The van der Waals surface area contributed by atoms with Crippen molar-refractivity contribution in [2.24, 2.45) is 4.99 Å². The molecule has 0 saturated heterocycles. The summed E-state index contributed by atoms with van der Waals surface area (Å²) >= 11 is 0. The average Bonchev–Trinajstić information content (AvgIpc) is 2.33. The lowest BCUT2D eigenvalue weighted by Gasteiger charge is -2.26. The molecular weight excluding hydrogens is 231 g/mol. The van der Waals surface area contributed by atoms with Crippen LogP contribution in [0.3, 0.4) is 0 Å². The zero-order valence-corrected chi connectivity index (χ0v) is 7.67. The van der Waals surface area contributed by atoms with Crippen LogP contribution < -0.4 is 4.90 Å². The number of anilines is 1. The predicted octanol–water partition coefficient (Wildman–Crippen LogP) is 3.02. The van der Waals surface area contributed by atoms with E-state index in [4.69, 9.17) is 0 Å².